The highest BCUT2D eigenvalue weighted by Crippen LogP contribution is 2.38. The number of nitrogens with zero attached hydrogens (tertiary/aromatic N) is 2. The first-order valence-corrected chi connectivity index (χ1v) is 11.9. The van der Waals surface area contributed by atoms with Gasteiger partial charge in [0.25, 0.3) is 11.8 Å². The smallest absolute Gasteiger partial charge is 0.341 e. The molecule has 0 unspecified atom stereocenters. The van der Waals surface area contributed by atoms with Crippen LogP contribution < -0.4 is 11.1 Å². The number of carbonyl (C=O) groups is 4. The first-order chi connectivity index (χ1) is 15.9. The Morgan fingerprint density at radius 3 is 2.64 bits per heavy atom. The summed E-state index contributed by atoms with van der Waals surface area (Å²) in [7, 11) is 0. The lowest BCUT2D eigenvalue weighted by Crippen LogP contribution is -2.43. The van der Waals surface area contributed by atoms with Crippen LogP contribution in [0.3, 0.4) is 0 Å². The van der Waals surface area contributed by atoms with E-state index in [2.05, 4.69) is 10.3 Å². The minimum Gasteiger partial charge on any atom is -0.452 e. The van der Waals surface area contributed by atoms with Crippen LogP contribution in [0.15, 0.2) is 24.5 Å². The van der Waals surface area contributed by atoms with E-state index >= 15 is 0 Å². The van der Waals surface area contributed by atoms with Crippen LogP contribution in [-0.2, 0) is 27.2 Å². The summed E-state index contributed by atoms with van der Waals surface area (Å²) in [6.07, 6.45) is 7.61. The van der Waals surface area contributed by atoms with Crippen molar-refractivity contribution in [1.82, 2.24) is 9.88 Å². The molecule has 0 bridgehead atoms. The number of pyridine rings is 1. The van der Waals surface area contributed by atoms with Crippen molar-refractivity contribution in [3.8, 4) is 0 Å². The topological polar surface area (TPSA) is 132 Å². The molecule has 1 aliphatic carbocycles. The molecule has 3 N–H and O–H groups in total. The molecular formula is C23H26N4O5S. The number of aryl methyl sites for hydroxylation is 1. The predicted octanol–water partition coefficient (Wildman–Crippen LogP) is 2.15. The summed E-state index contributed by atoms with van der Waals surface area (Å²) in [5, 5.41) is 3.27. The van der Waals surface area contributed by atoms with Gasteiger partial charge in [-0.3, -0.25) is 19.4 Å². The zero-order valence-electron chi connectivity index (χ0n) is 18.2. The maximum atomic E-state index is 13.0. The first-order valence-electron chi connectivity index (χ1n) is 11.0. The summed E-state index contributed by atoms with van der Waals surface area (Å²) >= 11 is 1.39. The van der Waals surface area contributed by atoms with Crippen LogP contribution in [0.5, 0.6) is 0 Å². The van der Waals surface area contributed by atoms with Crippen molar-refractivity contribution in [2.45, 2.75) is 38.5 Å². The normalized spacial score (nSPS) is 16.1. The molecule has 174 valence electrons. The lowest BCUT2D eigenvalue weighted by molar-refractivity contribution is -0.137. The summed E-state index contributed by atoms with van der Waals surface area (Å²) < 4.78 is 5.39. The SMILES string of the molecule is NC(=O)C1CCN(C(=O)COC(=O)c2c(NC(=O)c3cccnc3)sc3c2CCCC3)CC1. The monoisotopic (exact) mass is 470 g/mol. The second-order valence-electron chi connectivity index (χ2n) is 8.24. The molecule has 10 heteroatoms. The fraction of sp³-hybridized carbons (Fsp3) is 0.435. The highest BCUT2D eigenvalue weighted by atomic mass is 32.1. The van der Waals surface area contributed by atoms with E-state index in [1.54, 1.807) is 23.2 Å². The van der Waals surface area contributed by atoms with Gasteiger partial charge in [-0.25, -0.2) is 4.79 Å². The van der Waals surface area contributed by atoms with E-state index in [9.17, 15) is 19.2 Å². The van der Waals surface area contributed by atoms with Crippen molar-refractivity contribution in [2.24, 2.45) is 11.7 Å². The Kier molecular flexibility index (Phi) is 7.02. The quantitative estimate of drug-likeness (QED) is 0.622. The molecule has 9 nitrogen and oxygen atoms in total. The summed E-state index contributed by atoms with van der Waals surface area (Å²) in [5.74, 6) is -1.85. The van der Waals surface area contributed by atoms with Crippen molar-refractivity contribution in [1.29, 1.82) is 0 Å². The zero-order valence-corrected chi connectivity index (χ0v) is 19.0. The zero-order chi connectivity index (χ0) is 23.4. The molecule has 1 fully saturated rings. The Morgan fingerprint density at radius 1 is 1.18 bits per heavy atom. The minimum atomic E-state index is -0.615. The van der Waals surface area contributed by atoms with Gasteiger partial charge in [-0.15, -0.1) is 11.3 Å². The van der Waals surface area contributed by atoms with E-state index in [1.165, 1.54) is 17.5 Å². The van der Waals surface area contributed by atoms with Gasteiger partial charge < -0.3 is 20.7 Å². The average Bonchev–Trinajstić information content (AvgIpc) is 3.20. The number of anilines is 1. The molecule has 33 heavy (non-hydrogen) atoms. The number of fused-ring (bicyclic) bond motifs is 1. The number of rotatable bonds is 6. The Hall–Kier alpha value is -3.27. The van der Waals surface area contributed by atoms with Gasteiger partial charge in [-0.1, -0.05) is 0 Å². The molecule has 0 aromatic carbocycles. The van der Waals surface area contributed by atoms with Gasteiger partial charge in [0.05, 0.1) is 11.1 Å². The van der Waals surface area contributed by atoms with Gasteiger partial charge in [-0.05, 0) is 56.2 Å². The number of piperidine rings is 1. The number of primary amides is 1. The number of likely N-dealkylation sites (tertiary alicyclic amines) is 1. The highest BCUT2D eigenvalue weighted by Gasteiger charge is 2.30. The van der Waals surface area contributed by atoms with E-state index < -0.39 is 5.97 Å². The molecule has 0 atom stereocenters. The van der Waals surface area contributed by atoms with E-state index in [-0.39, 0.29) is 30.2 Å². The maximum absolute atomic E-state index is 13.0. The second-order valence-corrected chi connectivity index (χ2v) is 9.35. The molecule has 3 amide bonds. The molecule has 3 heterocycles. The van der Waals surface area contributed by atoms with Gasteiger partial charge in [-0.2, -0.15) is 0 Å². The predicted molar refractivity (Wildman–Crippen MR) is 122 cm³/mol. The molecule has 4 rings (SSSR count). The molecule has 2 aliphatic rings. The van der Waals surface area contributed by atoms with Crippen LogP contribution >= 0.6 is 11.3 Å². The second kappa shape index (κ2) is 10.1. The van der Waals surface area contributed by atoms with E-state index in [1.807, 2.05) is 0 Å². The van der Waals surface area contributed by atoms with Crippen molar-refractivity contribution >= 4 is 40.0 Å². The Labute approximate surface area is 195 Å². The Morgan fingerprint density at radius 2 is 1.94 bits per heavy atom. The molecule has 1 saturated heterocycles. The van der Waals surface area contributed by atoms with Crippen LogP contribution in [0.4, 0.5) is 5.00 Å². The van der Waals surface area contributed by atoms with Gasteiger partial charge in [0.15, 0.2) is 6.61 Å². The van der Waals surface area contributed by atoms with Gasteiger partial charge >= 0.3 is 5.97 Å². The third-order valence-electron chi connectivity index (χ3n) is 6.10. The van der Waals surface area contributed by atoms with Crippen LogP contribution in [0.25, 0.3) is 0 Å². The molecule has 1 aliphatic heterocycles. The van der Waals surface area contributed by atoms with Crippen molar-refractivity contribution < 1.29 is 23.9 Å². The number of thiophene rings is 1. The van der Waals surface area contributed by atoms with Crippen molar-refractivity contribution in [2.75, 3.05) is 25.0 Å². The lowest BCUT2D eigenvalue weighted by atomic mass is 9.95. The van der Waals surface area contributed by atoms with Gasteiger partial charge in [0.1, 0.15) is 5.00 Å². The van der Waals surface area contributed by atoms with Crippen molar-refractivity contribution in [3.63, 3.8) is 0 Å². The summed E-state index contributed by atoms with van der Waals surface area (Å²) in [4.78, 5) is 56.2. The Bertz CT molecular complexity index is 1060. The number of amides is 3. The van der Waals surface area contributed by atoms with E-state index in [0.717, 1.165) is 36.1 Å². The molecule has 2 aromatic rings. The molecular weight excluding hydrogens is 444 g/mol. The standard InChI is InChI=1S/C23H26N4O5S/c24-20(29)14-7-10-27(11-8-14)18(28)13-32-23(31)19-16-5-1-2-6-17(16)33-22(19)26-21(30)15-4-3-9-25-12-15/h3-4,9,12,14H,1-2,5-8,10-11,13H2,(H2,24,29)(H,26,30). The van der Waals surface area contributed by atoms with Crippen LogP contribution in [0, 0.1) is 5.92 Å². The van der Waals surface area contributed by atoms with Crippen LogP contribution in [-0.4, -0.2) is 53.3 Å². The van der Waals surface area contributed by atoms with E-state index in [0.29, 0.717) is 42.1 Å². The average molecular weight is 471 g/mol. The molecule has 0 saturated carbocycles. The minimum absolute atomic E-state index is 0.222. The van der Waals surface area contributed by atoms with E-state index in [4.69, 9.17) is 10.5 Å². The number of nitrogens with one attached hydrogen (secondary N) is 1. The van der Waals surface area contributed by atoms with Crippen molar-refractivity contribution in [3.05, 3.63) is 46.1 Å². The molecule has 2 aromatic heterocycles. The number of nitrogens with two attached hydrogens (primary N) is 1. The summed E-state index contributed by atoms with van der Waals surface area (Å²) in [6, 6.07) is 3.31. The number of aromatic nitrogens is 1. The number of hydrogen-bond donors (Lipinski definition) is 2. The maximum Gasteiger partial charge on any atom is 0.341 e. The number of carbonyl (C=O) groups excluding carboxylic acids is 4. The number of ether oxygens (including phenoxy) is 1. The third kappa shape index (κ3) is 5.22. The lowest BCUT2D eigenvalue weighted by Gasteiger charge is -2.30. The summed E-state index contributed by atoms with van der Waals surface area (Å²) in [6.45, 7) is 0.426. The highest BCUT2D eigenvalue weighted by molar-refractivity contribution is 7.17. The third-order valence-corrected chi connectivity index (χ3v) is 7.31. The van der Waals surface area contributed by atoms with Crippen LogP contribution in [0.2, 0.25) is 0 Å². The number of esters is 1. The van der Waals surface area contributed by atoms with Gasteiger partial charge in [0.2, 0.25) is 5.91 Å². The largest absolute Gasteiger partial charge is 0.452 e. The Balaban J connectivity index is 1.44. The van der Waals surface area contributed by atoms with Crippen LogP contribution in [0.1, 0.15) is 56.8 Å². The number of hydrogen-bond acceptors (Lipinski definition) is 7. The molecule has 0 radical (unpaired) electrons. The fourth-order valence-corrected chi connectivity index (χ4v) is 5.52. The molecule has 0 spiro atoms. The first kappa shape index (κ1) is 22.9. The summed E-state index contributed by atoms with van der Waals surface area (Å²) in [5.41, 5.74) is 6.96. The fourth-order valence-electron chi connectivity index (χ4n) is 4.25. The van der Waals surface area contributed by atoms with Gasteiger partial charge in [0, 0.05) is 36.3 Å².